The summed E-state index contributed by atoms with van der Waals surface area (Å²) in [5.41, 5.74) is 10.3. The molecule has 5 heteroatoms. The molecule has 13 heavy (non-hydrogen) atoms. The third-order valence-corrected chi connectivity index (χ3v) is 1.46. The number of hydrogen-bond donors (Lipinski definition) is 2. The zero-order chi connectivity index (χ0) is 9.84. The van der Waals surface area contributed by atoms with E-state index in [0.29, 0.717) is 10.6 Å². The van der Waals surface area contributed by atoms with Crippen molar-refractivity contribution < 1.29 is 9.59 Å². The Bertz CT molecular complexity index is 309. The molecule has 1 aromatic rings. The van der Waals surface area contributed by atoms with Crippen molar-refractivity contribution in [1.82, 2.24) is 0 Å². The average molecular weight is 179 g/mol. The summed E-state index contributed by atoms with van der Waals surface area (Å²) >= 11 is 0. The molecule has 4 amide bonds. The Balaban J connectivity index is 3.03. The van der Waals surface area contributed by atoms with Gasteiger partial charge in [-0.05, 0) is 12.1 Å². The summed E-state index contributed by atoms with van der Waals surface area (Å²) in [4.78, 5) is 22.3. The van der Waals surface area contributed by atoms with Crippen LogP contribution in [0.15, 0.2) is 30.3 Å². The summed E-state index contributed by atoms with van der Waals surface area (Å²) in [5.74, 6) is 0. The number of imide groups is 1. The molecule has 1 aromatic carbocycles. The highest BCUT2D eigenvalue weighted by Crippen LogP contribution is 2.11. The molecule has 0 aromatic heterocycles. The number of nitrogens with two attached hydrogens (primary N) is 2. The average Bonchev–Trinajstić information content (AvgIpc) is 2.04. The predicted molar refractivity (Wildman–Crippen MR) is 48.1 cm³/mol. The number of rotatable bonds is 1. The monoisotopic (exact) mass is 179 g/mol. The van der Waals surface area contributed by atoms with Crippen LogP contribution in [0.25, 0.3) is 0 Å². The first kappa shape index (κ1) is 9.05. The van der Waals surface area contributed by atoms with E-state index in [1.807, 2.05) is 0 Å². The van der Waals surface area contributed by atoms with Gasteiger partial charge in [-0.15, -0.1) is 0 Å². The minimum absolute atomic E-state index is 0.363. The van der Waals surface area contributed by atoms with E-state index < -0.39 is 12.1 Å². The van der Waals surface area contributed by atoms with Crippen molar-refractivity contribution in [1.29, 1.82) is 0 Å². The lowest BCUT2D eigenvalue weighted by Gasteiger charge is -2.14. The molecule has 0 bridgehead atoms. The number of carbonyl (C=O) groups is 2. The molecule has 4 N–H and O–H groups in total. The van der Waals surface area contributed by atoms with Gasteiger partial charge in [-0.25, -0.2) is 14.5 Å². The van der Waals surface area contributed by atoms with Crippen molar-refractivity contribution in [3.63, 3.8) is 0 Å². The van der Waals surface area contributed by atoms with Crippen LogP contribution in [0, 0.1) is 0 Å². The van der Waals surface area contributed by atoms with Crippen LogP contribution in [0.1, 0.15) is 0 Å². The van der Waals surface area contributed by atoms with E-state index in [0.717, 1.165) is 0 Å². The first-order chi connectivity index (χ1) is 6.13. The van der Waals surface area contributed by atoms with Crippen molar-refractivity contribution >= 4 is 17.7 Å². The SMILES string of the molecule is NC(=O)N(C(N)=O)c1ccccc1. The van der Waals surface area contributed by atoms with E-state index in [1.54, 1.807) is 30.3 Å². The first-order valence-electron chi connectivity index (χ1n) is 3.57. The highest BCUT2D eigenvalue weighted by molar-refractivity contribution is 6.12. The smallest absolute Gasteiger partial charge is 0.327 e. The second kappa shape index (κ2) is 3.57. The topological polar surface area (TPSA) is 89.4 Å². The van der Waals surface area contributed by atoms with Crippen LogP contribution in [-0.4, -0.2) is 12.1 Å². The van der Waals surface area contributed by atoms with Gasteiger partial charge in [0, 0.05) is 0 Å². The number of benzene rings is 1. The fraction of sp³-hybridized carbons (Fsp3) is 0. The summed E-state index contributed by atoms with van der Waals surface area (Å²) in [6.45, 7) is 0. The number of amides is 4. The normalized spacial score (nSPS) is 9.23. The van der Waals surface area contributed by atoms with Gasteiger partial charge in [0.15, 0.2) is 0 Å². The maximum Gasteiger partial charge on any atom is 0.327 e. The minimum Gasteiger partial charge on any atom is -0.351 e. The molecule has 0 fully saturated rings. The van der Waals surface area contributed by atoms with Crippen LogP contribution < -0.4 is 16.4 Å². The molecule has 0 saturated carbocycles. The van der Waals surface area contributed by atoms with Gasteiger partial charge in [0.25, 0.3) is 0 Å². The third-order valence-electron chi connectivity index (χ3n) is 1.46. The number of primary amides is 2. The summed E-state index contributed by atoms with van der Waals surface area (Å²) in [6, 6.07) is 6.45. The molecule has 0 aliphatic rings. The fourth-order valence-electron chi connectivity index (χ4n) is 0.940. The first-order valence-corrected chi connectivity index (χ1v) is 3.57. The van der Waals surface area contributed by atoms with Crippen LogP contribution in [0.4, 0.5) is 15.3 Å². The van der Waals surface area contributed by atoms with E-state index >= 15 is 0 Å². The van der Waals surface area contributed by atoms with Gasteiger partial charge in [0.1, 0.15) is 0 Å². The standard InChI is InChI=1S/C8H9N3O2/c9-7(12)11(8(10)13)6-4-2-1-3-5-6/h1-5H,(H2,9,12)(H2,10,13). The highest BCUT2D eigenvalue weighted by Gasteiger charge is 2.16. The third kappa shape index (κ3) is 1.96. The Kier molecular flexibility index (Phi) is 2.49. The van der Waals surface area contributed by atoms with E-state index in [4.69, 9.17) is 11.5 Å². The van der Waals surface area contributed by atoms with Crippen LogP contribution in [0.3, 0.4) is 0 Å². The van der Waals surface area contributed by atoms with Gasteiger partial charge >= 0.3 is 12.1 Å². The van der Waals surface area contributed by atoms with Crippen LogP contribution in [-0.2, 0) is 0 Å². The molecule has 1 rings (SSSR count). The zero-order valence-corrected chi connectivity index (χ0v) is 6.81. The Morgan fingerprint density at radius 3 is 1.85 bits per heavy atom. The lowest BCUT2D eigenvalue weighted by Crippen LogP contribution is -2.44. The van der Waals surface area contributed by atoms with Crippen molar-refractivity contribution in [3.8, 4) is 0 Å². The van der Waals surface area contributed by atoms with E-state index in [-0.39, 0.29) is 0 Å². The minimum atomic E-state index is -0.890. The lowest BCUT2D eigenvalue weighted by molar-refractivity contribution is 0.243. The van der Waals surface area contributed by atoms with Crippen LogP contribution in [0.5, 0.6) is 0 Å². The maximum atomic E-state index is 10.8. The summed E-state index contributed by atoms with van der Waals surface area (Å²) in [5, 5.41) is 0. The van der Waals surface area contributed by atoms with Crippen molar-refractivity contribution in [3.05, 3.63) is 30.3 Å². The maximum absolute atomic E-state index is 10.8. The molecule has 5 nitrogen and oxygen atoms in total. The van der Waals surface area contributed by atoms with E-state index in [1.165, 1.54) is 0 Å². The number of para-hydroxylation sites is 1. The van der Waals surface area contributed by atoms with E-state index in [2.05, 4.69) is 0 Å². The van der Waals surface area contributed by atoms with Crippen LogP contribution >= 0.6 is 0 Å². The Hall–Kier alpha value is -2.04. The zero-order valence-electron chi connectivity index (χ0n) is 6.81. The van der Waals surface area contributed by atoms with Gasteiger partial charge in [-0.1, -0.05) is 18.2 Å². The summed E-state index contributed by atoms with van der Waals surface area (Å²) in [7, 11) is 0. The number of hydrogen-bond acceptors (Lipinski definition) is 2. The quantitative estimate of drug-likeness (QED) is 0.662. The number of carbonyl (C=O) groups excluding carboxylic acids is 2. The second-order valence-electron chi connectivity index (χ2n) is 2.35. The number of anilines is 1. The fourth-order valence-corrected chi connectivity index (χ4v) is 0.940. The van der Waals surface area contributed by atoms with Gasteiger partial charge in [-0.3, -0.25) is 0 Å². The highest BCUT2D eigenvalue weighted by atomic mass is 16.2. The molecule has 0 spiro atoms. The molecule has 0 radical (unpaired) electrons. The molecular formula is C8H9N3O2. The number of urea groups is 2. The molecule has 0 heterocycles. The molecule has 0 aliphatic carbocycles. The van der Waals surface area contributed by atoms with Crippen molar-refractivity contribution in [2.45, 2.75) is 0 Å². The molecule has 0 saturated heterocycles. The lowest BCUT2D eigenvalue weighted by atomic mass is 10.3. The summed E-state index contributed by atoms with van der Waals surface area (Å²) in [6.07, 6.45) is 0. The Morgan fingerprint density at radius 1 is 1.00 bits per heavy atom. The van der Waals surface area contributed by atoms with E-state index in [9.17, 15) is 9.59 Å². The van der Waals surface area contributed by atoms with Gasteiger partial charge in [-0.2, -0.15) is 0 Å². The largest absolute Gasteiger partial charge is 0.351 e. The van der Waals surface area contributed by atoms with Gasteiger partial charge in [0.05, 0.1) is 5.69 Å². The molecule has 0 aliphatic heterocycles. The summed E-state index contributed by atoms with van der Waals surface area (Å²) < 4.78 is 0. The second-order valence-corrected chi connectivity index (χ2v) is 2.35. The van der Waals surface area contributed by atoms with Crippen LogP contribution in [0.2, 0.25) is 0 Å². The molecular weight excluding hydrogens is 170 g/mol. The Labute approximate surface area is 74.9 Å². The molecule has 0 atom stereocenters. The van der Waals surface area contributed by atoms with Gasteiger partial charge < -0.3 is 11.5 Å². The number of nitrogens with zero attached hydrogens (tertiary/aromatic N) is 1. The van der Waals surface area contributed by atoms with Crippen molar-refractivity contribution in [2.75, 3.05) is 4.90 Å². The molecule has 0 unspecified atom stereocenters. The molecule has 68 valence electrons. The Morgan fingerprint density at radius 2 is 1.46 bits per heavy atom. The van der Waals surface area contributed by atoms with Crippen molar-refractivity contribution in [2.24, 2.45) is 11.5 Å². The predicted octanol–water partition coefficient (Wildman–Crippen LogP) is 0.650. The van der Waals surface area contributed by atoms with Gasteiger partial charge in [0.2, 0.25) is 0 Å².